The third-order valence-electron chi connectivity index (χ3n) is 5.51. The van der Waals surface area contributed by atoms with E-state index in [0.29, 0.717) is 34.6 Å². The molecule has 3 aromatic rings. The zero-order chi connectivity index (χ0) is 24.6. The summed E-state index contributed by atoms with van der Waals surface area (Å²) in [6, 6.07) is 12.4. The molecule has 0 atom stereocenters. The second-order valence-electron chi connectivity index (χ2n) is 9.29. The molecule has 3 heterocycles. The van der Waals surface area contributed by atoms with E-state index in [-0.39, 0.29) is 21.8 Å². The van der Waals surface area contributed by atoms with Crippen molar-refractivity contribution in [1.82, 2.24) is 19.4 Å². The molecule has 0 radical (unpaired) electrons. The van der Waals surface area contributed by atoms with Crippen LogP contribution in [0.3, 0.4) is 0 Å². The van der Waals surface area contributed by atoms with Gasteiger partial charge < -0.3 is 5.32 Å². The molecule has 0 fully saturated rings. The third-order valence-corrected chi connectivity index (χ3v) is 6.57. The van der Waals surface area contributed by atoms with Gasteiger partial charge in [-0.25, -0.2) is 9.98 Å². The zero-order valence-corrected chi connectivity index (χ0v) is 20.8. The lowest BCUT2D eigenvalue weighted by Gasteiger charge is -2.15. The SMILES string of the molecule is CC(C)S/C(NCc1ccc(-c2cccc(F)n2)cc1)=c1\c(=O)n(C)c2n(c1=N)CC(C)(C)N=2. The molecule has 7 nitrogen and oxygen atoms in total. The molecule has 1 aliphatic rings. The Kier molecular flexibility index (Phi) is 6.49. The Bertz CT molecular complexity index is 1470. The van der Waals surface area contributed by atoms with Crippen LogP contribution in [0, 0.1) is 11.4 Å². The molecular weight excluding hydrogens is 451 g/mol. The van der Waals surface area contributed by atoms with Crippen LogP contribution < -0.4 is 27.2 Å². The highest BCUT2D eigenvalue weighted by atomic mass is 32.2. The summed E-state index contributed by atoms with van der Waals surface area (Å²) >= 11 is 1.53. The van der Waals surface area contributed by atoms with Crippen LogP contribution in [0.1, 0.15) is 33.3 Å². The van der Waals surface area contributed by atoms with E-state index in [9.17, 15) is 9.18 Å². The Morgan fingerprint density at radius 3 is 2.59 bits per heavy atom. The van der Waals surface area contributed by atoms with Crippen molar-refractivity contribution < 1.29 is 4.39 Å². The monoisotopic (exact) mass is 480 g/mol. The van der Waals surface area contributed by atoms with Gasteiger partial charge in [-0.2, -0.15) is 4.39 Å². The number of halogens is 1. The van der Waals surface area contributed by atoms with Crippen LogP contribution in [0.5, 0.6) is 0 Å². The fraction of sp³-hybridized carbons (Fsp3) is 0.360. The first-order valence-electron chi connectivity index (χ1n) is 11.2. The minimum Gasteiger partial charge on any atom is -0.375 e. The second-order valence-corrected chi connectivity index (χ2v) is 10.9. The first kappa shape index (κ1) is 23.9. The van der Waals surface area contributed by atoms with Crippen molar-refractivity contribution in [2.45, 2.75) is 51.6 Å². The summed E-state index contributed by atoms with van der Waals surface area (Å²) in [6.45, 7) is 9.14. The summed E-state index contributed by atoms with van der Waals surface area (Å²) < 4.78 is 16.8. The lowest BCUT2D eigenvalue weighted by molar-refractivity contribution is 0.466. The minimum absolute atomic E-state index is 0.176. The Morgan fingerprint density at radius 1 is 1.24 bits per heavy atom. The van der Waals surface area contributed by atoms with E-state index in [1.165, 1.54) is 22.4 Å². The number of fused-ring (bicyclic) bond motifs is 1. The number of aromatic nitrogens is 3. The number of thioether (sulfide) groups is 1. The van der Waals surface area contributed by atoms with E-state index in [0.717, 1.165) is 11.1 Å². The lowest BCUT2D eigenvalue weighted by Crippen LogP contribution is -2.58. The Hall–Kier alpha value is -3.20. The predicted molar refractivity (Wildman–Crippen MR) is 133 cm³/mol. The van der Waals surface area contributed by atoms with Gasteiger partial charge in [-0.3, -0.25) is 19.3 Å². The van der Waals surface area contributed by atoms with Gasteiger partial charge in [0.2, 0.25) is 11.6 Å². The van der Waals surface area contributed by atoms with E-state index in [4.69, 9.17) is 5.41 Å². The number of rotatable bonds is 6. The number of hydrogen-bond donors (Lipinski definition) is 2. The van der Waals surface area contributed by atoms with E-state index in [1.807, 2.05) is 38.1 Å². The molecule has 4 rings (SSSR count). The van der Waals surface area contributed by atoms with Crippen molar-refractivity contribution in [3.8, 4) is 11.3 Å². The number of nitrogens with zero attached hydrogens (tertiary/aromatic N) is 4. The maximum atomic E-state index is 13.4. The molecule has 0 saturated carbocycles. The summed E-state index contributed by atoms with van der Waals surface area (Å²) in [5, 5.41) is 13.5. The average Bonchev–Trinajstić information content (AvgIpc) is 3.12. The molecule has 0 spiro atoms. The van der Waals surface area contributed by atoms with Crippen molar-refractivity contribution in [2.75, 3.05) is 0 Å². The summed E-state index contributed by atoms with van der Waals surface area (Å²) in [7, 11) is 1.71. The summed E-state index contributed by atoms with van der Waals surface area (Å²) in [5.74, 6) is -0.510. The van der Waals surface area contributed by atoms with Crippen LogP contribution in [-0.2, 0) is 20.1 Å². The van der Waals surface area contributed by atoms with E-state index in [1.54, 1.807) is 23.7 Å². The van der Waals surface area contributed by atoms with Gasteiger partial charge in [-0.05, 0) is 31.5 Å². The number of hydrogen-bond acceptors (Lipinski definition) is 6. The molecule has 0 aliphatic carbocycles. The molecule has 1 aliphatic heterocycles. The van der Waals surface area contributed by atoms with Gasteiger partial charge >= 0.3 is 0 Å². The van der Waals surface area contributed by atoms with Gasteiger partial charge in [-0.15, -0.1) is 11.8 Å². The third kappa shape index (κ3) is 4.84. The highest BCUT2D eigenvalue weighted by Gasteiger charge is 2.26. The maximum Gasteiger partial charge on any atom is 0.266 e. The van der Waals surface area contributed by atoms with Crippen molar-refractivity contribution >= 4 is 16.8 Å². The Labute approximate surface area is 201 Å². The lowest BCUT2D eigenvalue weighted by atomic mass is 10.1. The second kappa shape index (κ2) is 9.21. The molecule has 9 heteroatoms. The van der Waals surface area contributed by atoms with Crippen molar-refractivity contribution in [1.29, 1.82) is 5.41 Å². The van der Waals surface area contributed by atoms with Crippen molar-refractivity contribution in [3.63, 3.8) is 0 Å². The molecule has 0 amide bonds. The maximum absolute atomic E-state index is 13.4. The fourth-order valence-electron chi connectivity index (χ4n) is 3.93. The van der Waals surface area contributed by atoms with E-state index < -0.39 is 5.95 Å². The molecule has 0 unspecified atom stereocenters. The van der Waals surface area contributed by atoms with E-state index >= 15 is 0 Å². The van der Waals surface area contributed by atoms with Crippen LogP contribution in [-0.4, -0.2) is 24.9 Å². The van der Waals surface area contributed by atoms with Crippen LogP contribution in [0.15, 0.2) is 52.3 Å². The normalized spacial score (nSPS) is 15.1. The van der Waals surface area contributed by atoms with Gasteiger partial charge in [0.1, 0.15) is 10.7 Å². The molecule has 2 aromatic heterocycles. The Morgan fingerprint density at radius 2 is 1.94 bits per heavy atom. The fourth-order valence-corrected chi connectivity index (χ4v) is 4.86. The summed E-state index contributed by atoms with van der Waals surface area (Å²) in [6.07, 6.45) is 0. The molecule has 1 aromatic carbocycles. The largest absolute Gasteiger partial charge is 0.375 e. The molecule has 2 N–H and O–H groups in total. The summed E-state index contributed by atoms with van der Waals surface area (Å²) in [5.41, 5.74) is 2.51. The first-order valence-corrected chi connectivity index (χ1v) is 12.0. The highest BCUT2D eigenvalue weighted by molar-refractivity contribution is 8.08. The number of nitrogens with one attached hydrogen (secondary N) is 2. The van der Waals surface area contributed by atoms with Crippen LogP contribution in [0.2, 0.25) is 0 Å². The van der Waals surface area contributed by atoms with Crippen LogP contribution >= 0.6 is 11.8 Å². The van der Waals surface area contributed by atoms with Gasteiger partial charge in [0, 0.05) is 24.4 Å². The zero-order valence-electron chi connectivity index (χ0n) is 20.0. The standard InChI is InChI=1S/C25H29FN6OS/c1-15(2)34-22(20-21(27)32-14-25(3,4)30-24(32)31(5)23(20)33)28-13-16-9-11-17(12-10-16)18-7-6-8-19(26)29-18/h6-12,15,27-28H,13-14H2,1-5H3/b22-20-,27-21?. The minimum atomic E-state index is -0.510. The quantitative estimate of drug-likeness (QED) is 0.530. The molecule has 178 valence electrons. The van der Waals surface area contributed by atoms with Gasteiger partial charge in [-0.1, -0.05) is 44.2 Å². The van der Waals surface area contributed by atoms with Gasteiger partial charge in [0.15, 0.2) is 0 Å². The van der Waals surface area contributed by atoms with Gasteiger partial charge in [0.05, 0.1) is 22.8 Å². The van der Waals surface area contributed by atoms with Crippen LogP contribution in [0.4, 0.5) is 4.39 Å². The summed E-state index contributed by atoms with van der Waals surface area (Å²) in [4.78, 5) is 21.8. The molecular formula is C25H29FN6OS. The van der Waals surface area contributed by atoms with Crippen molar-refractivity contribution in [3.05, 3.63) is 80.7 Å². The molecule has 0 saturated heterocycles. The highest BCUT2D eigenvalue weighted by Crippen LogP contribution is 2.21. The van der Waals surface area contributed by atoms with Crippen molar-refractivity contribution in [2.24, 2.45) is 12.0 Å². The average molecular weight is 481 g/mol. The molecule has 0 bridgehead atoms. The smallest absolute Gasteiger partial charge is 0.266 e. The topological polar surface area (TPSA) is 88.1 Å². The van der Waals surface area contributed by atoms with Crippen LogP contribution in [0.25, 0.3) is 16.3 Å². The Balaban J connectivity index is 1.70. The number of benzene rings is 1. The van der Waals surface area contributed by atoms with Gasteiger partial charge in [0.25, 0.3) is 5.56 Å². The first-order chi connectivity index (χ1) is 16.1. The van der Waals surface area contributed by atoms with E-state index in [2.05, 4.69) is 29.1 Å². The molecule has 34 heavy (non-hydrogen) atoms. The number of pyridine rings is 1. The predicted octanol–water partition coefficient (Wildman–Crippen LogP) is 2.28.